The second-order valence-electron chi connectivity index (χ2n) is 3.44. The average Bonchev–Trinajstić information content (AvgIpc) is 2.73. The highest BCUT2D eigenvalue weighted by Gasteiger charge is 2.13. The van der Waals surface area contributed by atoms with Gasteiger partial charge in [-0.1, -0.05) is 0 Å². The number of anilines is 1. The SMILES string of the molecule is Nc1ncnc2c1ncn2C[C@@H](CF)OCP. The molecule has 8 heteroatoms. The van der Waals surface area contributed by atoms with Crippen LogP contribution < -0.4 is 5.73 Å². The van der Waals surface area contributed by atoms with Crippen LogP contribution in [0.5, 0.6) is 0 Å². The van der Waals surface area contributed by atoms with E-state index in [1.807, 2.05) is 0 Å². The summed E-state index contributed by atoms with van der Waals surface area (Å²) in [6.07, 6.45) is 2.79. The van der Waals surface area contributed by atoms with E-state index in [2.05, 4.69) is 24.2 Å². The van der Waals surface area contributed by atoms with Crippen molar-refractivity contribution >= 4 is 26.2 Å². The molecule has 6 nitrogen and oxygen atoms in total. The predicted octanol–water partition coefficient (Wildman–Crippen LogP) is 0.596. The van der Waals surface area contributed by atoms with Gasteiger partial charge in [-0.3, -0.25) is 0 Å². The maximum atomic E-state index is 12.7. The minimum Gasteiger partial charge on any atom is -0.382 e. The Morgan fingerprint density at radius 1 is 1.47 bits per heavy atom. The molecule has 0 saturated heterocycles. The van der Waals surface area contributed by atoms with Crippen LogP contribution in [0.15, 0.2) is 12.7 Å². The van der Waals surface area contributed by atoms with Gasteiger partial charge in [0.05, 0.1) is 19.2 Å². The van der Waals surface area contributed by atoms with Crippen molar-refractivity contribution in [3.63, 3.8) is 0 Å². The lowest BCUT2D eigenvalue weighted by Crippen LogP contribution is -2.21. The van der Waals surface area contributed by atoms with E-state index in [9.17, 15) is 4.39 Å². The molecule has 1 unspecified atom stereocenters. The number of alkyl halides is 1. The van der Waals surface area contributed by atoms with Gasteiger partial charge in [0.25, 0.3) is 0 Å². The Balaban J connectivity index is 2.27. The molecule has 2 atom stereocenters. The molecule has 2 aromatic rings. The zero-order valence-electron chi connectivity index (χ0n) is 9.08. The largest absolute Gasteiger partial charge is 0.382 e. The highest BCUT2D eigenvalue weighted by molar-refractivity contribution is 7.16. The highest BCUT2D eigenvalue weighted by Crippen LogP contribution is 2.15. The summed E-state index contributed by atoms with van der Waals surface area (Å²) >= 11 is 0. The Morgan fingerprint density at radius 3 is 3.00 bits per heavy atom. The minimum atomic E-state index is -0.561. The summed E-state index contributed by atoms with van der Waals surface area (Å²) in [6.45, 7) is -0.216. The van der Waals surface area contributed by atoms with Crippen molar-refractivity contribution in [3.05, 3.63) is 12.7 Å². The van der Waals surface area contributed by atoms with Crippen molar-refractivity contribution in [3.8, 4) is 0 Å². The molecule has 0 bridgehead atoms. The van der Waals surface area contributed by atoms with Crippen LogP contribution in [0.1, 0.15) is 0 Å². The van der Waals surface area contributed by atoms with E-state index in [-0.39, 0.29) is 0 Å². The molecule has 0 aliphatic carbocycles. The summed E-state index contributed by atoms with van der Waals surface area (Å²) in [5, 5.41) is 0. The van der Waals surface area contributed by atoms with Crippen molar-refractivity contribution in [2.24, 2.45) is 0 Å². The first-order chi connectivity index (χ1) is 8.26. The van der Waals surface area contributed by atoms with Crippen molar-refractivity contribution < 1.29 is 9.13 Å². The standard InChI is InChI=1S/C9H13FN5OP/c10-1-6(16-5-17)2-15-4-14-7-8(11)12-3-13-9(7)15/h3-4,6H,1-2,5,17H2,(H2,11,12,13)/t6-/m1/s1. The Kier molecular flexibility index (Phi) is 3.81. The number of hydrogen-bond donors (Lipinski definition) is 1. The Bertz CT molecular complexity index is 505. The molecule has 2 aromatic heterocycles. The number of rotatable bonds is 5. The summed E-state index contributed by atoms with van der Waals surface area (Å²) in [5.74, 6) is 0.317. The molecular formula is C9H13FN5OP. The fourth-order valence-corrected chi connectivity index (χ4v) is 1.81. The van der Waals surface area contributed by atoms with Gasteiger partial charge in [-0.25, -0.2) is 19.3 Å². The van der Waals surface area contributed by atoms with Crippen molar-refractivity contribution in [1.29, 1.82) is 0 Å². The Morgan fingerprint density at radius 2 is 2.29 bits per heavy atom. The van der Waals surface area contributed by atoms with Gasteiger partial charge in [0.15, 0.2) is 11.5 Å². The number of nitrogens with two attached hydrogens (primary N) is 1. The first-order valence-electron chi connectivity index (χ1n) is 5.05. The smallest absolute Gasteiger partial charge is 0.165 e. The number of aromatic nitrogens is 4. The lowest BCUT2D eigenvalue weighted by molar-refractivity contribution is 0.0558. The van der Waals surface area contributed by atoms with E-state index in [1.54, 1.807) is 10.9 Å². The summed E-state index contributed by atoms with van der Waals surface area (Å²) in [5.41, 5.74) is 6.77. The third-order valence-corrected chi connectivity index (χ3v) is 2.53. The van der Waals surface area contributed by atoms with E-state index in [0.29, 0.717) is 29.9 Å². The highest BCUT2D eigenvalue weighted by atomic mass is 31.0. The Hall–Kier alpha value is -1.33. The van der Waals surface area contributed by atoms with Crippen LogP contribution in [0.25, 0.3) is 11.2 Å². The first-order valence-corrected chi connectivity index (χ1v) is 5.87. The normalized spacial score (nSPS) is 13.1. The predicted molar refractivity (Wildman–Crippen MR) is 65.2 cm³/mol. The molecule has 0 aliphatic rings. The molecule has 2 rings (SSSR count). The molecule has 0 radical (unpaired) electrons. The second-order valence-corrected chi connectivity index (χ2v) is 3.77. The van der Waals surface area contributed by atoms with Gasteiger partial charge in [0, 0.05) is 0 Å². The van der Waals surface area contributed by atoms with Gasteiger partial charge in [-0.15, -0.1) is 9.24 Å². The van der Waals surface area contributed by atoms with Gasteiger partial charge in [0.2, 0.25) is 0 Å². The molecule has 0 fully saturated rings. The third kappa shape index (κ3) is 2.50. The molecule has 0 aliphatic heterocycles. The molecule has 2 N–H and O–H groups in total. The fraction of sp³-hybridized carbons (Fsp3) is 0.444. The molecule has 0 spiro atoms. The van der Waals surface area contributed by atoms with Gasteiger partial charge in [0.1, 0.15) is 24.6 Å². The lowest BCUT2D eigenvalue weighted by atomic mass is 10.4. The monoisotopic (exact) mass is 257 g/mol. The third-order valence-electron chi connectivity index (χ3n) is 2.33. The zero-order valence-corrected chi connectivity index (χ0v) is 10.2. The van der Waals surface area contributed by atoms with Crippen LogP contribution in [0.4, 0.5) is 10.2 Å². The molecule has 17 heavy (non-hydrogen) atoms. The van der Waals surface area contributed by atoms with Crippen LogP contribution in [-0.4, -0.2) is 38.6 Å². The molecule has 0 saturated carbocycles. The van der Waals surface area contributed by atoms with Crippen LogP contribution in [0.3, 0.4) is 0 Å². The van der Waals surface area contributed by atoms with E-state index in [0.717, 1.165) is 0 Å². The van der Waals surface area contributed by atoms with E-state index in [1.165, 1.54) is 6.33 Å². The maximum Gasteiger partial charge on any atom is 0.165 e. The molecule has 2 heterocycles. The molecule has 0 aromatic carbocycles. The van der Waals surface area contributed by atoms with Crippen LogP contribution in [-0.2, 0) is 11.3 Å². The summed E-state index contributed by atoms with van der Waals surface area (Å²) < 4.78 is 19.6. The number of imidazole rings is 1. The first kappa shape index (κ1) is 12.1. The minimum absolute atomic E-state index is 0.317. The van der Waals surface area contributed by atoms with Crippen molar-refractivity contribution in [2.75, 3.05) is 18.8 Å². The number of hydrogen-bond acceptors (Lipinski definition) is 5. The van der Waals surface area contributed by atoms with E-state index < -0.39 is 12.8 Å². The van der Waals surface area contributed by atoms with Gasteiger partial charge in [-0.05, 0) is 0 Å². The molecular weight excluding hydrogens is 244 g/mol. The fourth-order valence-electron chi connectivity index (χ4n) is 1.53. The number of fused-ring (bicyclic) bond motifs is 1. The lowest BCUT2D eigenvalue weighted by Gasteiger charge is -2.13. The summed E-state index contributed by atoms with van der Waals surface area (Å²) in [4.78, 5) is 12.0. The summed E-state index contributed by atoms with van der Waals surface area (Å²) in [7, 11) is 2.39. The van der Waals surface area contributed by atoms with E-state index >= 15 is 0 Å². The molecule has 0 amide bonds. The number of halogens is 1. The zero-order chi connectivity index (χ0) is 12.3. The number of nitrogens with zero attached hydrogens (tertiary/aromatic N) is 4. The van der Waals surface area contributed by atoms with Crippen LogP contribution >= 0.6 is 9.24 Å². The number of nitrogen functional groups attached to an aromatic ring is 1. The molecule has 92 valence electrons. The topological polar surface area (TPSA) is 78.9 Å². The van der Waals surface area contributed by atoms with Crippen LogP contribution in [0.2, 0.25) is 0 Å². The van der Waals surface area contributed by atoms with Crippen molar-refractivity contribution in [1.82, 2.24) is 19.5 Å². The number of ether oxygens (including phenoxy) is 1. The maximum absolute atomic E-state index is 12.7. The van der Waals surface area contributed by atoms with E-state index in [4.69, 9.17) is 10.5 Å². The average molecular weight is 257 g/mol. The van der Waals surface area contributed by atoms with Crippen molar-refractivity contribution in [2.45, 2.75) is 12.6 Å². The quantitative estimate of drug-likeness (QED) is 0.793. The second kappa shape index (κ2) is 5.33. The van der Waals surface area contributed by atoms with Gasteiger partial charge in [-0.2, -0.15) is 0 Å². The van der Waals surface area contributed by atoms with Gasteiger partial charge < -0.3 is 15.0 Å². The van der Waals surface area contributed by atoms with Crippen LogP contribution in [0, 0.1) is 0 Å². The van der Waals surface area contributed by atoms with Gasteiger partial charge >= 0.3 is 0 Å². The Labute approximate surface area is 99.6 Å². The summed E-state index contributed by atoms with van der Waals surface area (Å²) in [6, 6.07) is 0.